The molecule has 0 aromatic rings. The molecule has 0 bridgehead atoms. The molecule has 0 aromatic carbocycles. The number of amides is 4. The van der Waals surface area contributed by atoms with Gasteiger partial charge in [-0.1, -0.05) is 12.8 Å². The van der Waals surface area contributed by atoms with Crippen LogP contribution in [0.4, 0.5) is 0 Å². The van der Waals surface area contributed by atoms with E-state index >= 15 is 0 Å². The van der Waals surface area contributed by atoms with Crippen LogP contribution in [0.25, 0.3) is 0 Å². The van der Waals surface area contributed by atoms with Crippen molar-refractivity contribution in [2.75, 3.05) is 32.7 Å². The molecular weight excluding hydrogens is 540 g/mol. The molecule has 42 heavy (non-hydrogen) atoms. The molecule has 14 nitrogen and oxygen atoms in total. The van der Waals surface area contributed by atoms with Gasteiger partial charge in [0.05, 0.1) is 12.1 Å². The van der Waals surface area contributed by atoms with E-state index in [9.17, 15) is 19.2 Å². The summed E-state index contributed by atoms with van der Waals surface area (Å²) < 4.78 is 0. The molecule has 0 spiro atoms. The maximum atomic E-state index is 12.9. The summed E-state index contributed by atoms with van der Waals surface area (Å²) in [5, 5.41) is 11.4. The van der Waals surface area contributed by atoms with Crippen molar-refractivity contribution in [2.45, 2.75) is 121 Å². The number of hydrogen-bond donors (Lipinski definition) is 10. The van der Waals surface area contributed by atoms with Gasteiger partial charge in [-0.15, -0.1) is 0 Å². The zero-order valence-corrected chi connectivity index (χ0v) is 25.7. The molecule has 0 heterocycles. The zero-order chi connectivity index (χ0) is 31.8. The average molecular weight is 601 g/mol. The van der Waals surface area contributed by atoms with Crippen LogP contribution in [0.1, 0.15) is 90.4 Å². The fourth-order valence-corrected chi connectivity index (χ4v) is 4.34. The minimum atomic E-state index is -0.710. The third-order valence-corrected chi connectivity index (χ3v) is 7.02. The number of unbranched alkanes of at least 4 members (excludes halogenated alkanes) is 3. The fourth-order valence-electron chi connectivity index (χ4n) is 4.34. The summed E-state index contributed by atoms with van der Waals surface area (Å²) in [5.74, 6) is -1.26. The summed E-state index contributed by atoms with van der Waals surface area (Å²) in [4.78, 5) is 50.6. The molecule has 0 saturated carbocycles. The van der Waals surface area contributed by atoms with Gasteiger partial charge in [0.2, 0.25) is 23.6 Å². The summed E-state index contributed by atoms with van der Waals surface area (Å²) in [6.45, 7) is 4.21. The molecule has 0 rings (SSSR count). The van der Waals surface area contributed by atoms with Crippen molar-refractivity contribution in [3.63, 3.8) is 0 Å². The molecule has 5 unspecified atom stereocenters. The van der Waals surface area contributed by atoms with E-state index in [4.69, 9.17) is 34.4 Å². The molecule has 246 valence electrons. The van der Waals surface area contributed by atoms with Crippen molar-refractivity contribution in [1.29, 1.82) is 0 Å². The van der Waals surface area contributed by atoms with E-state index in [0.717, 1.165) is 32.1 Å². The van der Waals surface area contributed by atoms with E-state index in [0.29, 0.717) is 84.1 Å². The third-order valence-electron chi connectivity index (χ3n) is 7.02. The van der Waals surface area contributed by atoms with Crippen LogP contribution < -0.4 is 55.7 Å². The third kappa shape index (κ3) is 18.9. The Morgan fingerprint density at radius 1 is 0.500 bits per heavy atom. The predicted molar refractivity (Wildman–Crippen MR) is 167 cm³/mol. The van der Waals surface area contributed by atoms with Gasteiger partial charge in [-0.05, 0) is 104 Å². The average Bonchev–Trinajstić information content (AvgIpc) is 2.96. The van der Waals surface area contributed by atoms with Crippen LogP contribution in [0.3, 0.4) is 0 Å². The number of rotatable bonds is 26. The molecule has 0 saturated heterocycles. The normalized spacial score (nSPS) is 14.7. The highest BCUT2D eigenvalue weighted by Crippen LogP contribution is 2.06. The van der Waals surface area contributed by atoms with Crippen LogP contribution in [-0.4, -0.2) is 86.6 Å². The second-order valence-corrected chi connectivity index (χ2v) is 11.0. The molecule has 0 aromatic heterocycles. The first kappa shape index (κ1) is 39.6. The van der Waals surface area contributed by atoms with Crippen molar-refractivity contribution in [3.8, 4) is 0 Å². The van der Waals surface area contributed by atoms with Gasteiger partial charge in [-0.2, -0.15) is 0 Å². The Bertz CT molecular complexity index is 758. The molecule has 14 heteroatoms. The van der Waals surface area contributed by atoms with E-state index in [1.54, 1.807) is 0 Å². The van der Waals surface area contributed by atoms with Crippen molar-refractivity contribution < 1.29 is 19.2 Å². The number of carbonyl (C=O) groups is 4. The Morgan fingerprint density at radius 3 is 1.38 bits per heavy atom. The summed E-state index contributed by atoms with van der Waals surface area (Å²) >= 11 is 0. The lowest BCUT2D eigenvalue weighted by molar-refractivity contribution is -0.130. The highest BCUT2D eigenvalue weighted by molar-refractivity contribution is 5.90. The Labute approximate surface area is 251 Å². The highest BCUT2D eigenvalue weighted by Gasteiger charge is 2.25. The fraction of sp³-hybridized carbons (Fsp3) is 0.857. The minimum Gasteiger partial charge on any atom is -0.354 e. The lowest BCUT2D eigenvalue weighted by atomic mass is 10.1. The lowest BCUT2D eigenvalue weighted by Gasteiger charge is -2.23. The van der Waals surface area contributed by atoms with Crippen molar-refractivity contribution in [2.24, 2.45) is 34.4 Å². The lowest BCUT2D eigenvalue weighted by Crippen LogP contribution is -2.53. The Morgan fingerprint density at radius 2 is 0.929 bits per heavy atom. The molecular formula is C28H60N10O4. The van der Waals surface area contributed by atoms with Gasteiger partial charge in [-0.3, -0.25) is 19.2 Å². The minimum absolute atomic E-state index is 0.138. The van der Waals surface area contributed by atoms with E-state index in [2.05, 4.69) is 21.3 Å². The largest absolute Gasteiger partial charge is 0.354 e. The van der Waals surface area contributed by atoms with Gasteiger partial charge in [0.1, 0.15) is 12.1 Å². The van der Waals surface area contributed by atoms with Crippen LogP contribution in [0.2, 0.25) is 0 Å². The number of nitrogens with two attached hydrogens (primary N) is 6. The second-order valence-electron chi connectivity index (χ2n) is 11.0. The molecule has 16 N–H and O–H groups in total. The van der Waals surface area contributed by atoms with Gasteiger partial charge in [-0.25, -0.2) is 0 Å². The number of carbonyl (C=O) groups excluding carboxylic acids is 4. The van der Waals surface area contributed by atoms with Crippen molar-refractivity contribution >= 4 is 23.6 Å². The summed E-state index contributed by atoms with van der Waals surface area (Å²) in [7, 11) is 0. The molecule has 0 aliphatic carbocycles. The molecule has 0 radical (unpaired) electrons. The monoisotopic (exact) mass is 600 g/mol. The van der Waals surface area contributed by atoms with Gasteiger partial charge >= 0.3 is 0 Å². The Balaban J connectivity index is 4.62. The number of nitrogens with one attached hydrogen (secondary N) is 4. The summed E-state index contributed by atoms with van der Waals surface area (Å²) in [5.41, 5.74) is 34.2. The Hall–Kier alpha value is -2.36. The van der Waals surface area contributed by atoms with Gasteiger partial charge < -0.3 is 55.7 Å². The first-order valence-corrected chi connectivity index (χ1v) is 15.6. The van der Waals surface area contributed by atoms with E-state index < -0.39 is 24.2 Å². The first-order valence-electron chi connectivity index (χ1n) is 15.6. The van der Waals surface area contributed by atoms with Crippen LogP contribution in [0, 0.1) is 0 Å². The van der Waals surface area contributed by atoms with Crippen molar-refractivity contribution in [3.05, 3.63) is 0 Å². The quantitative estimate of drug-likeness (QED) is 0.0494. The smallest absolute Gasteiger partial charge is 0.242 e. The first-order chi connectivity index (χ1) is 20.1. The summed E-state index contributed by atoms with van der Waals surface area (Å²) in [6.07, 6.45) is 8.21. The van der Waals surface area contributed by atoms with Crippen LogP contribution >= 0.6 is 0 Å². The van der Waals surface area contributed by atoms with E-state index in [-0.39, 0.29) is 29.7 Å². The highest BCUT2D eigenvalue weighted by atomic mass is 16.2. The van der Waals surface area contributed by atoms with Gasteiger partial charge in [0, 0.05) is 12.6 Å². The molecule has 4 amide bonds. The topological polar surface area (TPSA) is 273 Å². The van der Waals surface area contributed by atoms with E-state index in [1.165, 1.54) is 0 Å². The maximum absolute atomic E-state index is 12.9. The molecule has 0 aliphatic rings. The predicted octanol–water partition coefficient (Wildman–Crippen LogP) is -1.86. The SMILES string of the molecule is CC(CCCCNC(=O)C(CCCN)NC(=O)C(N)CCCCN)NC(=O)C(CCCN)NC(=O)C(N)CCCCN. The maximum Gasteiger partial charge on any atom is 0.242 e. The zero-order valence-electron chi connectivity index (χ0n) is 25.7. The second kappa shape index (κ2) is 25.2. The molecule has 0 aliphatic heterocycles. The van der Waals surface area contributed by atoms with Crippen LogP contribution in [0.15, 0.2) is 0 Å². The van der Waals surface area contributed by atoms with Gasteiger partial charge in [0.25, 0.3) is 0 Å². The van der Waals surface area contributed by atoms with Gasteiger partial charge in [0.15, 0.2) is 0 Å². The number of hydrogen-bond acceptors (Lipinski definition) is 10. The standard InChI is InChI=1S/C28H60N10O4/c1-20(36-28(42)24(14-9-18-32)38-26(40)22(34)12-3-6-16-30)10-4-7-19-35-27(41)23(13-8-17-31)37-25(39)21(33)11-2-5-15-29/h20-24H,2-19,29-34H2,1H3,(H,35,41)(H,36,42)(H,37,39)(H,38,40). The summed E-state index contributed by atoms with van der Waals surface area (Å²) in [6, 6.07) is -2.94. The molecule has 5 atom stereocenters. The van der Waals surface area contributed by atoms with E-state index in [1.807, 2.05) is 6.92 Å². The van der Waals surface area contributed by atoms with Crippen LogP contribution in [-0.2, 0) is 19.2 Å². The Kier molecular flexibility index (Phi) is 23.8. The molecule has 0 fully saturated rings. The van der Waals surface area contributed by atoms with Crippen molar-refractivity contribution in [1.82, 2.24) is 21.3 Å². The van der Waals surface area contributed by atoms with Crippen LogP contribution in [0.5, 0.6) is 0 Å².